The van der Waals surface area contributed by atoms with Crippen LogP contribution in [-0.4, -0.2) is 25.8 Å². The van der Waals surface area contributed by atoms with Gasteiger partial charge in [0.2, 0.25) is 0 Å². The van der Waals surface area contributed by atoms with Crippen LogP contribution in [0.4, 0.5) is 0 Å². The van der Waals surface area contributed by atoms with E-state index in [0.29, 0.717) is 11.5 Å². The van der Waals surface area contributed by atoms with Crippen LogP contribution in [0.2, 0.25) is 0 Å². The van der Waals surface area contributed by atoms with Crippen molar-refractivity contribution in [1.82, 2.24) is 5.32 Å². The smallest absolute Gasteiger partial charge is 0.0675 e. The summed E-state index contributed by atoms with van der Waals surface area (Å²) in [6.45, 7) is 5.40. The second kappa shape index (κ2) is 6.47. The molecule has 2 unspecified atom stereocenters. The highest BCUT2D eigenvalue weighted by atomic mass is 79.9. The number of halogens is 1. The van der Waals surface area contributed by atoms with E-state index in [1.54, 1.807) is 0 Å². The summed E-state index contributed by atoms with van der Waals surface area (Å²) in [5, 5.41) is 5.86. The molecular formula is C16H24BrNOS. The number of thiophene rings is 1. The molecule has 1 aromatic rings. The highest BCUT2D eigenvalue weighted by Crippen LogP contribution is 2.50. The van der Waals surface area contributed by atoms with Crippen molar-refractivity contribution in [3.8, 4) is 0 Å². The third-order valence-electron chi connectivity index (χ3n) is 4.66. The van der Waals surface area contributed by atoms with Crippen LogP contribution in [0.15, 0.2) is 15.9 Å². The first kappa shape index (κ1) is 15.0. The van der Waals surface area contributed by atoms with Crippen molar-refractivity contribution in [3.63, 3.8) is 0 Å². The lowest BCUT2D eigenvalue weighted by molar-refractivity contribution is 0.0310. The SMILES string of the molecule is CCCNCC1(Cc2sccc2Br)CCOC1C1CC1. The fraction of sp³-hybridized carbons (Fsp3) is 0.750. The lowest BCUT2D eigenvalue weighted by Crippen LogP contribution is -2.43. The molecule has 0 aromatic carbocycles. The second-order valence-corrected chi connectivity index (χ2v) is 8.14. The van der Waals surface area contributed by atoms with E-state index in [1.807, 2.05) is 11.3 Å². The molecule has 0 radical (unpaired) electrons. The highest BCUT2D eigenvalue weighted by Gasteiger charge is 2.50. The summed E-state index contributed by atoms with van der Waals surface area (Å²) in [6.07, 6.45) is 6.77. The van der Waals surface area contributed by atoms with Gasteiger partial charge in [0.25, 0.3) is 0 Å². The summed E-state index contributed by atoms with van der Waals surface area (Å²) in [4.78, 5) is 1.49. The molecule has 1 saturated carbocycles. The van der Waals surface area contributed by atoms with Crippen LogP contribution in [0.3, 0.4) is 0 Å². The summed E-state index contributed by atoms with van der Waals surface area (Å²) in [5.41, 5.74) is 0.309. The molecule has 3 rings (SSSR count). The van der Waals surface area contributed by atoms with Gasteiger partial charge in [0.1, 0.15) is 0 Å². The van der Waals surface area contributed by atoms with E-state index in [9.17, 15) is 0 Å². The minimum atomic E-state index is 0.309. The maximum absolute atomic E-state index is 6.16. The second-order valence-electron chi connectivity index (χ2n) is 6.29. The normalized spacial score (nSPS) is 30.0. The molecule has 0 spiro atoms. The number of ether oxygens (including phenoxy) is 1. The molecule has 20 heavy (non-hydrogen) atoms. The predicted molar refractivity (Wildman–Crippen MR) is 88.4 cm³/mol. The molecular weight excluding hydrogens is 334 g/mol. The Morgan fingerprint density at radius 3 is 3.00 bits per heavy atom. The fourth-order valence-corrected chi connectivity index (χ4v) is 5.12. The summed E-state index contributed by atoms with van der Waals surface area (Å²) in [7, 11) is 0. The molecule has 0 bridgehead atoms. The molecule has 1 aromatic heterocycles. The summed E-state index contributed by atoms with van der Waals surface area (Å²) in [6, 6.07) is 2.18. The summed E-state index contributed by atoms with van der Waals surface area (Å²) >= 11 is 5.58. The van der Waals surface area contributed by atoms with Crippen molar-refractivity contribution in [2.75, 3.05) is 19.7 Å². The maximum atomic E-state index is 6.16. The Bertz CT molecular complexity index is 445. The van der Waals surface area contributed by atoms with Crippen LogP contribution in [0, 0.1) is 11.3 Å². The molecule has 1 aliphatic carbocycles. The molecule has 2 nitrogen and oxygen atoms in total. The van der Waals surface area contributed by atoms with E-state index < -0.39 is 0 Å². The molecule has 2 fully saturated rings. The van der Waals surface area contributed by atoms with Crippen LogP contribution in [0.5, 0.6) is 0 Å². The molecule has 2 heterocycles. The average molecular weight is 358 g/mol. The van der Waals surface area contributed by atoms with Crippen LogP contribution < -0.4 is 5.32 Å². The third kappa shape index (κ3) is 3.13. The van der Waals surface area contributed by atoms with Gasteiger partial charge < -0.3 is 10.1 Å². The van der Waals surface area contributed by atoms with Gasteiger partial charge >= 0.3 is 0 Å². The Kier molecular flexibility index (Phi) is 4.86. The molecule has 2 atom stereocenters. The van der Waals surface area contributed by atoms with E-state index in [0.717, 1.165) is 32.0 Å². The van der Waals surface area contributed by atoms with Gasteiger partial charge in [0.05, 0.1) is 6.10 Å². The number of hydrogen-bond donors (Lipinski definition) is 1. The van der Waals surface area contributed by atoms with Gasteiger partial charge in [-0.1, -0.05) is 6.92 Å². The van der Waals surface area contributed by atoms with Crippen molar-refractivity contribution < 1.29 is 4.74 Å². The van der Waals surface area contributed by atoms with E-state index in [-0.39, 0.29) is 0 Å². The van der Waals surface area contributed by atoms with Gasteiger partial charge in [-0.05, 0) is 71.9 Å². The van der Waals surface area contributed by atoms with E-state index in [2.05, 4.69) is 39.6 Å². The monoisotopic (exact) mass is 357 g/mol. The zero-order chi connectivity index (χ0) is 14.0. The largest absolute Gasteiger partial charge is 0.377 e. The van der Waals surface area contributed by atoms with Crippen molar-refractivity contribution in [2.45, 2.75) is 45.1 Å². The third-order valence-corrected chi connectivity index (χ3v) is 6.58. The van der Waals surface area contributed by atoms with E-state index >= 15 is 0 Å². The molecule has 1 aliphatic heterocycles. The Balaban J connectivity index is 1.77. The van der Waals surface area contributed by atoms with Crippen molar-refractivity contribution in [2.24, 2.45) is 11.3 Å². The van der Waals surface area contributed by atoms with Crippen molar-refractivity contribution in [3.05, 3.63) is 20.8 Å². The fourth-order valence-electron chi connectivity index (χ4n) is 3.47. The predicted octanol–water partition coefficient (Wildman–Crippen LogP) is 4.24. The quantitative estimate of drug-likeness (QED) is 0.737. The number of hydrogen-bond acceptors (Lipinski definition) is 3. The lowest BCUT2D eigenvalue weighted by atomic mass is 9.75. The number of nitrogens with one attached hydrogen (secondary N) is 1. The first-order chi connectivity index (χ1) is 9.75. The summed E-state index contributed by atoms with van der Waals surface area (Å²) in [5.74, 6) is 0.819. The molecule has 1 saturated heterocycles. The molecule has 0 amide bonds. The Labute approximate surface area is 134 Å². The average Bonchev–Trinajstić information content (AvgIpc) is 3.09. The standard InChI is InChI=1S/C16H24BrNOS/c1-2-7-18-11-16(10-14-13(17)5-9-20-14)6-8-19-15(16)12-3-4-12/h5,9,12,15,18H,2-4,6-8,10-11H2,1H3. The Hall–Kier alpha value is 0.1000. The summed E-state index contributed by atoms with van der Waals surface area (Å²) < 4.78 is 7.44. The van der Waals surface area contributed by atoms with E-state index in [4.69, 9.17) is 4.74 Å². The Morgan fingerprint density at radius 1 is 1.50 bits per heavy atom. The molecule has 1 N–H and O–H groups in total. The first-order valence-electron chi connectivity index (χ1n) is 7.79. The zero-order valence-corrected chi connectivity index (χ0v) is 14.6. The zero-order valence-electron chi connectivity index (χ0n) is 12.2. The van der Waals surface area contributed by atoms with Gasteiger partial charge in [0.15, 0.2) is 0 Å². The first-order valence-corrected chi connectivity index (χ1v) is 9.46. The maximum Gasteiger partial charge on any atom is 0.0675 e. The highest BCUT2D eigenvalue weighted by molar-refractivity contribution is 9.10. The van der Waals surface area contributed by atoms with E-state index in [1.165, 1.54) is 35.0 Å². The van der Waals surface area contributed by atoms with Crippen molar-refractivity contribution in [1.29, 1.82) is 0 Å². The van der Waals surface area contributed by atoms with Gasteiger partial charge in [-0.25, -0.2) is 0 Å². The van der Waals surface area contributed by atoms with Gasteiger partial charge in [-0.2, -0.15) is 0 Å². The van der Waals surface area contributed by atoms with Crippen LogP contribution >= 0.6 is 27.3 Å². The molecule has 2 aliphatic rings. The van der Waals surface area contributed by atoms with Gasteiger partial charge in [-0.3, -0.25) is 0 Å². The van der Waals surface area contributed by atoms with Crippen LogP contribution in [-0.2, 0) is 11.2 Å². The van der Waals surface area contributed by atoms with Gasteiger partial charge in [0, 0.05) is 27.9 Å². The minimum absolute atomic E-state index is 0.309. The lowest BCUT2D eigenvalue weighted by Gasteiger charge is -2.34. The van der Waals surface area contributed by atoms with Crippen LogP contribution in [0.25, 0.3) is 0 Å². The topological polar surface area (TPSA) is 21.3 Å². The van der Waals surface area contributed by atoms with Gasteiger partial charge in [-0.15, -0.1) is 11.3 Å². The number of rotatable bonds is 7. The van der Waals surface area contributed by atoms with Crippen molar-refractivity contribution >= 4 is 27.3 Å². The Morgan fingerprint density at radius 2 is 2.35 bits per heavy atom. The molecule has 112 valence electrons. The molecule has 4 heteroatoms. The minimum Gasteiger partial charge on any atom is -0.377 e. The van der Waals surface area contributed by atoms with Crippen LogP contribution in [0.1, 0.15) is 37.5 Å².